The van der Waals surface area contributed by atoms with Crippen molar-refractivity contribution in [3.8, 4) is 0 Å². The van der Waals surface area contributed by atoms with Gasteiger partial charge in [0.15, 0.2) is 0 Å². The molecule has 2 aromatic rings. The first-order valence-electron chi connectivity index (χ1n) is 8.36. The van der Waals surface area contributed by atoms with Crippen LogP contribution in [-0.4, -0.2) is 11.5 Å². The molecule has 0 aliphatic heterocycles. The number of benzene rings is 1. The van der Waals surface area contributed by atoms with E-state index in [0.29, 0.717) is 6.04 Å². The van der Waals surface area contributed by atoms with Gasteiger partial charge in [-0.1, -0.05) is 38.5 Å². The van der Waals surface area contributed by atoms with E-state index in [1.54, 1.807) is 0 Å². The highest BCUT2D eigenvalue weighted by Crippen LogP contribution is 2.40. The Bertz CT molecular complexity index is 588. The van der Waals surface area contributed by atoms with Crippen molar-refractivity contribution in [2.45, 2.75) is 45.6 Å². The molecule has 0 spiro atoms. The molecule has 3 atom stereocenters. The molecule has 3 unspecified atom stereocenters. The average Bonchev–Trinajstić information content (AvgIpc) is 2.94. The van der Waals surface area contributed by atoms with Gasteiger partial charge in [-0.2, -0.15) is 0 Å². The van der Waals surface area contributed by atoms with E-state index < -0.39 is 0 Å². The Morgan fingerprint density at radius 2 is 2.14 bits per heavy atom. The summed E-state index contributed by atoms with van der Waals surface area (Å²) in [4.78, 5) is 4.52. The Hall–Kier alpha value is -1.41. The van der Waals surface area contributed by atoms with Gasteiger partial charge < -0.3 is 5.32 Å². The minimum Gasteiger partial charge on any atom is -0.310 e. The molecule has 2 heteroatoms. The van der Waals surface area contributed by atoms with Crippen LogP contribution >= 0.6 is 0 Å². The van der Waals surface area contributed by atoms with E-state index in [2.05, 4.69) is 54.5 Å². The fraction of sp³-hybridized carbons (Fsp3) is 0.526. The molecule has 1 aromatic heterocycles. The highest BCUT2D eigenvalue weighted by Gasteiger charge is 2.30. The fourth-order valence-corrected chi connectivity index (χ4v) is 3.78. The van der Waals surface area contributed by atoms with Crippen molar-refractivity contribution < 1.29 is 0 Å². The number of aromatic nitrogens is 1. The third-order valence-electron chi connectivity index (χ3n) is 4.84. The Balaban J connectivity index is 1.97. The molecule has 0 amide bonds. The molecule has 1 aliphatic carbocycles. The summed E-state index contributed by atoms with van der Waals surface area (Å²) in [6.07, 6.45) is 7.13. The fourth-order valence-electron chi connectivity index (χ4n) is 3.78. The van der Waals surface area contributed by atoms with Gasteiger partial charge in [0.1, 0.15) is 0 Å². The molecule has 1 aromatic carbocycles. The van der Waals surface area contributed by atoms with Crippen molar-refractivity contribution in [3.05, 3.63) is 42.1 Å². The third-order valence-corrected chi connectivity index (χ3v) is 4.84. The number of nitrogens with zero attached hydrogens (tertiary/aromatic N) is 1. The van der Waals surface area contributed by atoms with Gasteiger partial charge in [0.2, 0.25) is 0 Å². The number of rotatable bonds is 5. The van der Waals surface area contributed by atoms with E-state index in [4.69, 9.17) is 0 Å². The van der Waals surface area contributed by atoms with Crippen molar-refractivity contribution in [3.63, 3.8) is 0 Å². The Kier molecular flexibility index (Phi) is 4.54. The van der Waals surface area contributed by atoms with E-state index in [1.165, 1.54) is 36.6 Å². The maximum Gasteiger partial charge on any atom is 0.0705 e. The molecule has 3 rings (SSSR count). The monoisotopic (exact) mass is 282 g/mol. The molecular formula is C19H26N2. The number of nitrogens with one attached hydrogen (secondary N) is 1. The largest absolute Gasteiger partial charge is 0.310 e. The maximum absolute atomic E-state index is 4.52. The van der Waals surface area contributed by atoms with Crippen LogP contribution in [0.2, 0.25) is 0 Å². The summed E-state index contributed by atoms with van der Waals surface area (Å²) < 4.78 is 0. The van der Waals surface area contributed by atoms with E-state index in [1.807, 2.05) is 6.20 Å². The van der Waals surface area contributed by atoms with Gasteiger partial charge in [-0.25, -0.2) is 0 Å². The lowest BCUT2D eigenvalue weighted by atomic mass is 9.88. The van der Waals surface area contributed by atoms with E-state index in [9.17, 15) is 0 Å². The van der Waals surface area contributed by atoms with Crippen LogP contribution in [0.3, 0.4) is 0 Å². The van der Waals surface area contributed by atoms with Crippen LogP contribution in [0, 0.1) is 11.8 Å². The van der Waals surface area contributed by atoms with Crippen LogP contribution < -0.4 is 5.32 Å². The molecule has 1 saturated carbocycles. The van der Waals surface area contributed by atoms with E-state index in [-0.39, 0.29) is 0 Å². The van der Waals surface area contributed by atoms with Crippen LogP contribution in [0.1, 0.15) is 51.1 Å². The van der Waals surface area contributed by atoms with Crippen molar-refractivity contribution in [1.29, 1.82) is 0 Å². The standard InChI is InChI=1S/C19H26N2/c1-3-11-21-19(15-10-9-14(2)13-15)17-6-4-8-18-16(17)7-5-12-20-18/h4-8,12,14-15,19,21H,3,9-11,13H2,1-2H3. The smallest absolute Gasteiger partial charge is 0.0705 e. The van der Waals surface area contributed by atoms with Gasteiger partial charge in [-0.3, -0.25) is 4.98 Å². The molecule has 0 radical (unpaired) electrons. The molecular weight excluding hydrogens is 256 g/mol. The van der Waals surface area contributed by atoms with Gasteiger partial charge in [0.05, 0.1) is 5.52 Å². The van der Waals surface area contributed by atoms with Crippen LogP contribution in [0.15, 0.2) is 36.5 Å². The summed E-state index contributed by atoms with van der Waals surface area (Å²) in [5.41, 5.74) is 2.55. The van der Waals surface area contributed by atoms with Crippen molar-refractivity contribution in [1.82, 2.24) is 10.3 Å². The predicted octanol–water partition coefficient (Wildman–Crippen LogP) is 4.71. The van der Waals surface area contributed by atoms with E-state index in [0.717, 1.165) is 23.9 Å². The lowest BCUT2D eigenvalue weighted by molar-refractivity contribution is 0.361. The minimum absolute atomic E-state index is 0.475. The Labute approximate surface area is 128 Å². The first-order chi connectivity index (χ1) is 10.3. The third kappa shape index (κ3) is 3.11. The summed E-state index contributed by atoms with van der Waals surface area (Å²) in [5, 5.41) is 5.13. The van der Waals surface area contributed by atoms with Gasteiger partial charge in [-0.05, 0) is 55.3 Å². The summed E-state index contributed by atoms with van der Waals surface area (Å²) >= 11 is 0. The summed E-state index contributed by atoms with van der Waals surface area (Å²) in [5.74, 6) is 1.63. The van der Waals surface area contributed by atoms with Crippen LogP contribution in [0.5, 0.6) is 0 Å². The zero-order chi connectivity index (χ0) is 14.7. The molecule has 0 saturated heterocycles. The number of hydrogen-bond acceptors (Lipinski definition) is 2. The predicted molar refractivity (Wildman–Crippen MR) is 89.3 cm³/mol. The zero-order valence-electron chi connectivity index (χ0n) is 13.2. The Morgan fingerprint density at radius 1 is 1.24 bits per heavy atom. The second kappa shape index (κ2) is 6.57. The van der Waals surface area contributed by atoms with Crippen molar-refractivity contribution in [2.75, 3.05) is 6.54 Å². The Morgan fingerprint density at radius 3 is 2.90 bits per heavy atom. The number of fused-ring (bicyclic) bond motifs is 1. The summed E-state index contributed by atoms with van der Waals surface area (Å²) in [6, 6.07) is 11.3. The second-order valence-electron chi connectivity index (χ2n) is 6.53. The average molecular weight is 282 g/mol. The normalized spacial score (nSPS) is 23.5. The van der Waals surface area contributed by atoms with Crippen LogP contribution in [-0.2, 0) is 0 Å². The maximum atomic E-state index is 4.52. The number of hydrogen-bond donors (Lipinski definition) is 1. The minimum atomic E-state index is 0.475. The van der Waals surface area contributed by atoms with Gasteiger partial charge in [0.25, 0.3) is 0 Å². The topological polar surface area (TPSA) is 24.9 Å². The van der Waals surface area contributed by atoms with Crippen LogP contribution in [0.25, 0.3) is 10.9 Å². The molecule has 0 bridgehead atoms. The van der Waals surface area contributed by atoms with Crippen molar-refractivity contribution in [2.24, 2.45) is 11.8 Å². The molecule has 1 N–H and O–H groups in total. The first-order valence-corrected chi connectivity index (χ1v) is 8.36. The SMILES string of the molecule is CCCNC(c1cccc2ncccc12)C1CCC(C)C1. The van der Waals surface area contributed by atoms with E-state index >= 15 is 0 Å². The molecule has 21 heavy (non-hydrogen) atoms. The second-order valence-corrected chi connectivity index (χ2v) is 6.53. The molecule has 1 aliphatic rings. The van der Waals surface area contributed by atoms with Gasteiger partial charge in [-0.15, -0.1) is 0 Å². The molecule has 1 fully saturated rings. The highest BCUT2D eigenvalue weighted by molar-refractivity contribution is 5.82. The molecule has 112 valence electrons. The molecule has 2 nitrogen and oxygen atoms in total. The summed E-state index contributed by atoms with van der Waals surface area (Å²) in [7, 11) is 0. The first kappa shape index (κ1) is 14.5. The molecule has 1 heterocycles. The number of pyridine rings is 1. The van der Waals surface area contributed by atoms with Gasteiger partial charge >= 0.3 is 0 Å². The van der Waals surface area contributed by atoms with Gasteiger partial charge in [0, 0.05) is 17.6 Å². The lowest BCUT2D eigenvalue weighted by Gasteiger charge is -2.26. The lowest BCUT2D eigenvalue weighted by Crippen LogP contribution is -2.28. The highest BCUT2D eigenvalue weighted by atomic mass is 14.9. The zero-order valence-corrected chi connectivity index (χ0v) is 13.2. The van der Waals surface area contributed by atoms with Crippen molar-refractivity contribution >= 4 is 10.9 Å². The quantitative estimate of drug-likeness (QED) is 0.859. The van der Waals surface area contributed by atoms with Crippen LogP contribution in [0.4, 0.5) is 0 Å². The summed E-state index contributed by atoms with van der Waals surface area (Å²) in [6.45, 7) is 5.72.